The highest BCUT2D eigenvalue weighted by Gasteiger charge is 2.14. The van der Waals surface area contributed by atoms with Crippen LogP contribution in [-0.4, -0.2) is 41.5 Å². The number of rotatable bonds is 5. The molecule has 0 amide bonds. The number of aromatic nitrogens is 3. The summed E-state index contributed by atoms with van der Waals surface area (Å²) in [6.45, 7) is 1.04. The highest BCUT2D eigenvalue weighted by atomic mass is 16.6. The normalized spacial score (nSPS) is 12.2. The first-order chi connectivity index (χ1) is 13.7. The summed E-state index contributed by atoms with van der Waals surface area (Å²) in [7, 11) is 1.33. The molecule has 4 rings (SSSR count). The van der Waals surface area contributed by atoms with Crippen LogP contribution in [0.3, 0.4) is 0 Å². The minimum absolute atomic E-state index is 0.289. The number of fused-ring (bicyclic) bond motifs is 1. The third-order valence-corrected chi connectivity index (χ3v) is 3.95. The SMILES string of the molecule is COC(=O)c1ccccc1Nc1cnnc(Nc2ccc3c(c2)OCCO3)n1. The molecule has 28 heavy (non-hydrogen) atoms. The zero-order valence-electron chi connectivity index (χ0n) is 15.0. The molecule has 1 aliphatic rings. The second kappa shape index (κ2) is 7.78. The van der Waals surface area contributed by atoms with E-state index in [2.05, 4.69) is 25.8 Å². The molecular weight excluding hydrogens is 362 g/mol. The van der Waals surface area contributed by atoms with Crippen LogP contribution in [-0.2, 0) is 4.74 Å². The molecule has 0 saturated carbocycles. The van der Waals surface area contributed by atoms with Crippen molar-refractivity contribution in [2.24, 2.45) is 0 Å². The van der Waals surface area contributed by atoms with Gasteiger partial charge in [0, 0.05) is 11.8 Å². The van der Waals surface area contributed by atoms with E-state index in [0.717, 1.165) is 5.69 Å². The number of hydrogen-bond acceptors (Lipinski definition) is 9. The lowest BCUT2D eigenvalue weighted by Gasteiger charge is -2.19. The molecule has 2 heterocycles. The summed E-state index contributed by atoms with van der Waals surface area (Å²) in [5.41, 5.74) is 1.68. The van der Waals surface area contributed by atoms with Crippen molar-refractivity contribution in [3.63, 3.8) is 0 Å². The summed E-state index contributed by atoms with van der Waals surface area (Å²) in [6.07, 6.45) is 1.46. The fraction of sp³-hybridized carbons (Fsp3) is 0.158. The molecule has 0 bridgehead atoms. The van der Waals surface area contributed by atoms with E-state index in [4.69, 9.17) is 14.2 Å². The van der Waals surface area contributed by atoms with Crippen LogP contribution in [0.2, 0.25) is 0 Å². The van der Waals surface area contributed by atoms with Gasteiger partial charge in [-0.05, 0) is 24.3 Å². The number of benzene rings is 2. The van der Waals surface area contributed by atoms with Gasteiger partial charge in [0.05, 0.1) is 24.6 Å². The number of carbonyl (C=O) groups excluding carboxylic acids is 1. The van der Waals surface area contributed by atoms with E-state index < -0.39 is 5.97 Å². The Bertz CT molecular complexity index is 1010. The Hall–Kier alpha value is -3.88. The summed E-state index contributed by atoms with van der Waals surface area (Å²) in [5.74, 6) is 1.62. The molecule has 0 radical (unpaired) electrons. The molecule has 142 valence electrons. The maximum atomic E-state index is 11.9. The van der Waals surface area contributed by atoms with Gasteiger partial charge in [-0.3, -0.25) is 0 Å². The fourth-order valence-corrected chi connectivity index (χ4v) is 2.69. The van der Waals surface area contributed by atoms with Gasteiger partial charge in [0.2, 0.25) is 5.95 Å². The van der Waals surface area contributed by atoms with Gasteiger partial charge in [0.1, 0.15) is 13.2 Å². The second-order valence-electron chi connectivity index (χ2n) is 5.81. The average Bonchev–Trinajstić information content (AvgIpc) is 2.74. The minimum atomic E-state index is -0.445. The zero-order chi connectivity index (χ0) is 19.3. The highest BCUT2D eigenvalue weighted by molar-refractivity contribution is 5.96. The monoisotopic (exact) mass is 379 g/mol. The Labute approximate surface area is 160 Å². The van der Waals surface area contributed by atoms with Gasteiger partial charge in [0.15, 0.2) is 17.3 Å². The van der Waals surface area contributed by atoms with E-state index in [-0.39, 0.29) is 5.95 Å². The lowest BCUT2D eigenvalue weighted by Crippen LogP contribution is -2.15. The lowest BCUT2D eigenvalue weighted by molar-refractivity contribution is 0.0602. The van der Waals surface area contributed by atoms with E-state index in [1.54, 1.807) is 24.3 Å². The topological polar surface area (TPSA) is 107 Å². The first kappa shape index (κ1) is 17.5. The van der Waals surface area contributed by atoms with Crippen LogP contribution in [0.5, 0.6) is 11.5 Å². The van der Waals surface area contributed by atoms with E-state index >= 15 is 0 Å². The summed E-state index contributed by atoms with van der Waals surface area (Å²) < 4.78 is 15.9. The highest BCUT2D eigenvalue weighted by Crippen LogP contribution is 2.33. The van der Waals surface area contributed by atoms with Crippen molar-refractivity contribution in [3.8, 4) is 11.5 Å². The molecule has 2 N–H and O–H groups in total. The Morgan fingerprint density at radius 2 is 1.89 bits per heavy atom. The van der Waals surface area contributed by atoms with Crippen molar-refractivity contribution >= 4 is 29.1 Å². The van der Waals surface area contributed by atoms with Crippen molar-refractivity contribution in [2.45, 2.75) is 0 Å². The smallest absolute Gasteiger partial charge is 0.339 e. The molecule has 1 aliphatic heterocycles. The Morgan fingerprint density at radius 3 is 2.75 bits per heavy atom. The second-order valence-corrected chi connectivity index (χ2v) is 5.81. The Balaban J connectivity index is 1.53. The summed E-state index contributed by atoms with van der Waals surface area (Å²) in [6, 6.07) is 12.4. The molecule has 0 fully saturated rings. The quantitative estimate of drug-likeness (QED) is 0.647. The Kier molecular flexibility index (Phi) is 4.87. The molecule has 3 aromatic rings. The van der Waals surface area contributed by atoms with Crippen molar-refractivity contribution in [3.05, 3.63) is 54.2 Å². The number of para-hydroxylation sites is 1. The molecule has 1 aromatic heterocycles. The van der Waals surface area contributed by atoms with Gasteiger partial charge in [-0.1, -0.05) is 12.1 Å². The number of hydrogen-bond donors (Lipinski definition) is 2. The molecule has 9 nitrogen and oxygen atoms in total. The summed E-state index contributed by atoms with van der Waals surface area (Å²) in [5, 5.41) is 14.1. The largest absolute Gasteiger partial charge is 0.486 e. The van der Waals surface area contributed by atoms with Gasteiger partial charge in [-0.2, -0.15) is 10.1 Å². The van der Waals surface area contributed by atoms with Crippen molar-refractivity contribution < 1.29 is 19.0 Å². The van der Waals surface area contributed by atoms with E-state index in [1.807, 2.05) is 18.2 Å². The summed E-state index contributed by atoms with van der Waals surface area (Å²) >= 11 is 0. The molecule has 0 atom stereocenters. The fourth-order valence-electron chi connectivity index (χ4n) is 2.69. The number of carbonyl (C=O) groups is 1. The first-order valence-electron chi connectivity index (χ1n) is 8.54. The van der Waals surface area contributed by atoms with Gasteiger partial charge in [0.25, 0.3) is 0 Å². The van der Waals surface area contributed by atoms with Crippen LogP contribution in [0, 0.1) is 0 Å². The van der Waals surface area contributed by atoms with Gasteiger partial charge >= 0.3 is 5.97 Å². The maximum absolute atomic E-state index is 11.9. The van der Waals surface area contributed by atoms with Crippen LogP contribution in [0.4, 0.5) is 23.1 Å². The molecule has 0 unspecified atom stereocenters. The molecule has 0 aliphatic carbocycles. The average molecular weight is 379 g/mol. The van der Waals surface area contributed by atoms with Crippen LogP contribution in [0.25, 0.3) is 0 Å². The number of nitrogens with zero attached hydrogens (tertiary/aromatic N) is 3. The van der Waals surface area contributed by atoms with Crippen LogP contribution < -0.4 is 20.1 Å². The zero-order valence-corrected chi connectivity index (χ0v) is 15.0. The first-order valence-corrected chi connectivity index (χ1v) is 8.54. The van der Waals surface area contributed by atoms with E-state index in [0.29, 0.717) is 41.8 Å². The van der Waals surface area contributed by atoms with Crippen LogP contribution in [0.15, 0.2) is 48.7 Å². The number of anilines is 4. The number of nitrogens with one attached hydrogen (secondary N) is 2. The van der Waals surface area contributed by atoms with Gasteiger partial charge in [-0.15, -0.1) is 5.10 Å². The number of esters is 1. The predicted molar refractivity (Wildman–Crippen MR) is 102 cm³/mol. The molecular formula is C19H17N5O4. The molecule has 9 heteroatoms. The predicted octanol–water partition coefficient (Wildman–Crippen LogP) is 2.92. The molecule has 0 spiro atoms. The van der Waals surface area contributed by atoms with Crippen molar-refractivity contribution in [2.75, 3.05) is 31.0 Å². The van der Waals surface area contributed by atoms with E-state index in [1.165, 1.54) is 13.3 Å². The Morgan fingerprint density at radius 1 is 1.07 bits per heavy atom. The van der Waals surface area contributed by atoms with Gasteiger partial charge in [-0.25, -0.2) is 4.79 Å². The van der Waals surface area contributed by atoms with E-state index in [9.17, 15) is 4.79 Å². The summed E-state index contributed by atoms with van der Waals surface area (Å²) in [4.78, 5) is 16.3. The third kappa shape index (κ3) is 3.78. The minimum Gasteiger partial charge on any atom is -0.486 e. The number of methoxy groups -OCH3 is 1. The maximum Gasteiger partial charge on any atom is 0.339 e. The standard InChI is InChI=1S/C19H17N5O4/c1-26-18(25)13-4-2-3-5-14(13)22-17-11-20-24-19(23-17)21-12-6-7-15-16(10-12)28-9-8-27-15/h2-7,10-11H,8-9H2,1H3,(H2,21,22,23,24). The third-order valence-electron chi connectivity index (χ3n) is 3.95. The molecule has 2 aromatic carbocycles. The van der Waals surface area contributed by atoms with Crippen LogP contribution in [0.1, 0.15) is 10.4 Å². The number of ether oxygens (including phenoxy) is 3. The van der Waals surface area contributed by atoms with Crippen molar-refractivity contribution in [1.29, 1.82) is 0 Å². The lowest BCUT2D eigenvalue weighted by atomic mass is 10.2. The van der Waals surface area contributed by atoms with Crippen molar-refractivity contribution in [1.82, 2.24) is 15.2 Å². The molecule has 0 saturated heterocycles. The van der Waals surface area contributed by atoms with Crippen LogP contribution >= 0.6 is 0 Å². The van der Waals surface area contributed by atoms with Gasteiger partial charge < -0.3 is 24.8 Å².